The van der Waals surface area contributed by atoms with Crippen LogP contribution in [0, 0.1) is 0 Å². The van der Waals surface area contributed by atoms with Crippen molar-refractivity contribution in [2.45, 2.75) is 6.61 Å². The molecule has 0 amide bonds. The molecule has 1 heterocycles. The van der Waals surface area contributed by atoms with Gasteiger partial charge in [-0.05, 0) is 52.3 Å². The van der Waals surface area contributed by atoms with Crippen LogP contribution < -0.4 is 15.2 Å². The van der Waals surface area contributed by atoms with E-state index in [-0.39, 0.29) is 18.3 Å². The maximum atomic E-state index is 10.7. The van der Waals surface area contributed by atoms with Crippen molar-refractivity contribution in [2.75, 3.05) is 5.73 Å². The molecule has 0 radical (unpaired) electrons. The van der Waals surface area contributed by atoms with Gasteiger partial charge in [0.15, 0.2) is 5.75 Å². The van der Waals surface area contributed by atoms with Gasteiger partial charge in [0.05, 0.1) is 10.7 Å². The smallest absolute Gasteiger partial charge is 0.220 e. The number of phenolic OH excluding ortho intramolecular Hbond substituents is 1. The quantitative estimate of drug-likeness (QED) is 0.281. The van der Waals surface area contributed by atoms with Crippen molar-refractivity contribution in [3.8, 4) is 34.3 Å². The van der Waals surface area contributed by atoms with Crippen molar-refractivity contribution in [3.05, 3.63) is 86.9 Å². The van der Waals surface area contributed by atoms with Crippen LogP contribution in [0.3, 0.4) is 0 Å². The second-order valence-electron chi connectivity index (χ2n) is 6.68. The minimum absolute atomic E-state index is 0.0524. The van der Waals surface area contributed by atoms with Gasteiger partial charge in [0.1, 0.15) is 29.5 Å². The number of aromatic hydroxyl groups is 1. The summed E-state index contributed by atoms with van der Waals surface area (Å²) in [7, 11) is 0. The zero-order valence-corrected chi connectivity index (χ0v) is 19.5. The molecule has 0 saturated heterocycles. The molecule has 0 aliphatic carbocycles. The molecule has 6 nitrogen and oxygen atoms in total. The van der Waals surface area contributed by atoms with Crippen molar-refractivity contribution in [1.29, 1.82) is 0 Å². The Balaban J connectivity index is 1.60. The van der Waals surface area contributed by atoms with Gasteiger partial charge in [0, 0.05) is 27.2 Å². The van der Waals surface area contributed by atoms with Crippen LogP contribution in [0.1, 0.15) is 5.56 Å². The van der Waals surface area contributed by atoms with Crippen LogP contribution in [0.4, 0.5) is 5.95 Å². The zero-order chi connectivity index (χ0) is 22.7. The number of nitrogens with two attached hydrogens (primary N) is 1. The fourth-order valence-corrected chi connectivity index (χ4v) is 3.73. The highest BCUT2D eigenvalue weighted by atomic mass is 79.9. The Morgan fingerprint density at radius 3 is 2.56 bits per heavy atom. The van der Waals surface area contributed by atoms with E-state index in [9.17, 15) is 5.11 Å². The van der Waals surface area contributed by atoms with E-state index in [1.807, 2.05) is 18.2 Å². The minimum Gasteiger partial charge on any atom is -0.507 e. The number of nitrogens with zero attached hydrogens (tertiary/aromatic N) is 2. The number of anilines is 1. The molecule has 3 aromatic carbocycles. The van der Waals surface area contributed by atoms with E-state index >= 15 is 0 Å². The second kappa shape index (κ2) is 9.65. The predicted molar refractivity (Wildman–Crippen MR) is 129 cm³/mol. The predicted octanol–water partition coefficient (Wildman–Crippen LogP) is 6.87. The number of aromatic nitrogens is 2. The van der Waals surface area contributed by atoms with Crippen molar-refractivity contribution < 1.29 is 14.6 Å². The standard InChI is InChI=1S/C23H16BrCl2N3O3/c24-17-3-1-2-4-20(17)32-21-11-28-23(27)29-22(21)16-8-7-15(10-19(16)30)31-12-13-5-6-14(25)9-18(13)26/h1-11,30H,12H2,(H2,27,28,29). The molecule has 9 heteroatoms. The van der Waals surface area contributed by atoms with Crippen molar-refractivity contribution in [3.63, 3.8) is 0 Å². The Kier molecular flexibility index (Phi) is 6.69. The molecule has 32 heavy (non-hydrogen) atoms. The monoisotopic (exact) mass is 531 g/mol. The van der Waals surface area contributed by atoms with E-state index < -0.39 is 0 Å². The summed E-state index contributed by atoms with van der Waals surface area (Å²) >= 11 is 15.6. The van der Waals surface area contributed by atoms with Crippen LogP contribution in [-0.4, -0.2) is 15.1 Å². The first kappa shape index (κ1) is 22.2. The average Bonchev–Trinajstić information content (AvgIpc) is 2.76. The highest BCUT2D eigenvalue weighted by Crippen LogP contribution is 2.39. The zero-order valence-electron chi connectivity index (χ0n) is 16.4. The molecule has 0 atom stereocenters. The Morgan fingerprint density at radius 2 is 1.81 bits per heavy atom. The summed E-state index contributed by atoms with van der Waals surface area (Å²) in [6.07, 6.45) is 1.46. The molecule has 4 aromatic rings. The van der Waals surface area contributed by atoms with Gasteiger partial charge in [0.2, 0.25) is 5.95 Å². The fourth-order valence-electron chi connectivity index (χ4n) is 2.90. The van der Waals surface area contributed by atoms with E-state index in [0.29, 0.717) is 38.6 Å². The summed E-state index contributed by atoms with van der Waals surface area (Å²) in [6.45, 7) is 0.214. The van der Waals surface area contributed by atoms with Crippen LogP contribution in [0.15, 0.2) is 71.3 Å². The molecule has 0 spiro atoms. The number of ether oxygens (including phenoxy) is 2. The summed E-state index contributed by atoms with van der Waals surface area (Å²) in [5.74, 6) is 1.35. The first-order valence-electron chi connectivity index (χ1n) is 9.35. The van der Waals surface area contributed by atoms with Gasteiger partial charge in [-0.25, -0.2) is 9.97 Å². The third kappa shape index (κ3) is 5.07. The number of benzene rings is 3. The molecule has 0 fully saturated rings. The Morgan fingerprint density at radius 1 is 1.00 bits per heavy atom. The molecule has 162 valence electrons. The molecule has 0 bridgehead atoms. The lowest BCUT2D eigenvalue weighted by Crippen LogP contribution is -2.00. The normalized spacial score (nSPS) is 10.7. The summed E-state index contributed by atoms with van der Waals surface area (Å²) in [4.78, 5) is 8.28. The van der Waals surface area contributed by atoms with Crippen molar-refractivity contribution >= 4 is 45.1 Å². The van der Waals surface area contributed by atoms with E-state index in [2.05, 4.69) is 25.9 Å². The summed E-state index contributed by atoms with van der Waals surface area (Å²) < 4.78 is 12.5. The van der Waals surface area contributed by atoms with Gasteiger partial charge in [-0.3, -0.25) is 0 Å². The Hall–Kier alpha value is -3.00. The largest absolute Gasteiger partial charge is 0.507 e. The molecular formula is C23H16BrCl2N3O3. The maximum Gasteiger partial charge on any atom is 0.220 e. The van der Waals surface area contributed by atoms with E-state index in [1.54, 1.807) is 36.4 Å². The lowest BCUT2D eigenvalue weighted by Gasteiger charge is -2.14. The van der Waals surface area contributed by atoms with Crippen LogP contribution in [-0.2, 0) is 6.61 Å². The molecule has 0 aliphatic rings. The second-order valence-corrected chi connectivity index (χ2v) is 8.37. The number of phenols is 1. The molecular weight excluding hydrogens is 517 g/mol. The molecule has 4 rings (SSSR count). The lowest BCUT2D eigenvalue weighted by atomic mass is 10.1. The van der Waals surface area contributed by atoms with Gasteiger partial charge < -0.3 is 20.3 Å². The summed E-state index contributed by atoms with van der Waals surface area (Å²) in [6, 6.07) is 17.4. The van der Waals surface area contributed by atoms with Gasteiger partial charge in [0.25, 0.3) is 0 Å². The number of para-hydroxylation sites is 1. The van der Waals surface area contributed by atoms with Crippen LogP contribution in [0.5, 0.6) is 23.0 Å². The lowest BCUT2D eigenvalue weighted by molar-refractivity contribution is 0.304. The Bertz CT molecular complexity index is 1290. The number of rotatable bonds is 6. The number of hydrogen-bond acceptors (Lipinski definition) is 6. The third-order valence-corrected chi connectivity index (χ3v) is 5.71. The summed E-state index contributed by atoms with van der Waals surface area (Å²) in [5, 5.41) is 11.7. The minimum atomic E-state index is -0.0558. The van der Waals surface area contributed by atoms with Crippen molar-refractivity contribution in [1.82, 2.24) is 9.97 Å². The third-order valence-electron chi connectivity index (χ3n) is 4.46. The van der Waals surface area contributed by atoms with Gasteiger partial charge in [-0.15, -0.1) is 0 Å². The molecule has 0 unspecified atom stereocenters. The summed E-state index contributed by atoms with van der Waals surface area (Å²) in [5.41, 5.74) is 7.32. The van der Waals surface area contributed by atoms with E-state index in [1.165, 1.54) is 12.3 Å². The maximum absolute atomic E-state index is 10.7. The molecule has 1 aromatic heterocycles. The number of nitrogen functional groups attached to an aromatic ring is 1. The van der Waals surface area contributed by atoms with Gasteiger partial charge in [-0.1, -0.05) is 41.4 Å². The number of hydrogen-bond donors (Lipinski definition) is 2. The highest BCUT2D eigenvalue weighted by molar-refractivity contribution is 9.10. The van der Waals surface area contributed by atoms with E-state index in [0.717, 1.165) is 10.0 Å². The van der Waals surface area contributed by atoms with Crippen molar-refractivity contribution in [2.24, 2.45) is 0 Å². The van der Waals surface area contributed by atoms with E-state index in [4.69, 9.17) is 38.4 Å². The van der Waals surface area contributed by atoms with Crippen LogP contribution in [0.25, 0.3) is 11.3 Å². The Labute approximate surface area is 202 Å². The fraction of sp³-hybridized carbons (Fsp3) is 0.0435. The van der Waals surface area contributed by atoms with Gasteiger partial charge in [-0.2, -0.15) is 0 Å². The first-order chi connectivity index (χ1) is 15.4. The van der Waals surface area contributed by atoms with Crippen LogP contribution >= 0.6 is 39.1 Å². The first-order valence-corrected chi connectivity index (χ1v) is 10.9. The van der Waals surface area contributed by atoms with Gasteiger partial charge >= 0.3 is 0 Å². The molecule has 0 saturated carbocycles. The average molecular weight is 533 g/mol. The van der Waals surface area contributed by atoms with Crippen LogP contribution in [0.2, 0.25) is 10.0 Å². The molecule has 3 N–H and O–H groups in total. The highest BCUT2D eigenvalue weighted by Gasteiger charge is 2.16. The SMILES string of the molecule is Nc1ncc(Oc2ccccc2Br)c(-c2ccc(OCc3ccc(Cl)cc3Cl)cc2O)n1. The molecule has 0 aliphatic heterocycles. The topological polar surface area (TPSA) is 90.5 Å². The number of halogens is 3.